The predicted octanol–water partition coefficient (Wildman–Crippen LogP) is 0.325. The third-order valence-electron chi connectivity index (χ3n) is 5.45. The van der Waals surface area contributed by atoms with Gasteiger partial charge in [-0.15, -0.1) is 9.42 Å². The molecule has 1 aliphatic rings. The van der Waals surface area contributed by atoms with Crippen LogP contribution in [0.4, 0.5) is 5.82 Å². The lowest BCUT2D eigenvalue weighted by Gasteiger charge is -2.31. The van der Waals surface area contributed by atoms with Crippen molar-refractivity contribution in [3.63, 3.8) is 0 Å². The summed E-state index contributed by atoms with van der Waals surface area (Å²) < 4.78 is 28.1. The number of hydrogen-bond acceptors (Lipinski definition) is 11. The smallest absolute Gasteiger partial charge is 0.423 e. The number of aliphatic hydroxyl groups excluding tert-OH is 2. The molecule has 2 aromatic heterocycles. The molecule has 1 aliphatic heterocycles. The highest BCUT2D eigenvalue weighted by atomic mass is 31.1. The van der Waals surface area contributed by atoms with Crippen molar-refractivity contribution in [2.75, 3.05) is 12.3 Å². The molecule has 1 saturated heterocycles. The highest BCUT2D eigenvalue weighted by molar-refractivity contribution is 7.32. The van der Waals surface area contributed by atoms with Gasteiger partial charge in [0.05, 0.1) is 0 Å². The van der Waals surface area contributed by atoms with Gasteiger partial charge in [-0.3, -0.25) is 4.57 Å². The minimum Gasteiger partial charge on any atom is -0.423 e. The second-order valence-electron chi connectivity index (χ2n) is 7.69. The fraction of sp³-hybridized carbons (Fsp3) is 0.400. The maximum absolute atomic E-state index is 13.6. The van der Waals surface area contributed by atoms with Crippen LogP contribution in [0.2, 0.25) is 0 Å². The molecule has 1 aromatic carbocycles. The normalized spacial score (nSPS) is 25.0. The van der Waals surface area contributed by atoms with Crippen LogP contribution >= 0.6 is 8.25 Å². The van der Waals surface area contributed by atoms with Gasteiger partial charge in [0.2, 0.25) is 0 Å². The summed E-state index contributed by atoms with van der Waals surface area (Å²) in [7, 11) is -3.02. The molecule has 0 amide bonds. The molecular formula is C20H23N5O8P+. The van der Waals surface area contributed by atoms with Crippen molar-refractivity contribution in [1.82, 2.24) is 19.5 Å². The van der Waals surface area contributed by atoms with E-state index in [0.29, 0.717) is 12.2 Å². The van der Waals surface area contributed by atoms with Gasteiger partial charge in [-0.1, -0.05) is 24.6 Å². The average molecular weight is 492 g/mol. The molecule has 0 saturated carbocycles. The molecular weight excluding hydrogens is 469 g/mol. The van der Waals surface area contributed by atoms with Crippen LogP contribution in [0.1, 0.15) is 18.3 Å². The van der Waals surface area contributed by atoms with Crippen molar-refractivity contribution in [3.05, 3.63) is 42.0 Å². The number of nitrogens with zero attached hydrogens (tertiary/aromatic N) is 4. The number of carbonyl (C=O) groups excluding carboxylic acids is 1. The largest absolute Gasteiger partial charge is 0.694 e. The number of aryl methyl sites for hydroxylation is 2. The predicted molar refractivity (Wildman–Crippen MR) is 117 cm³/mol. The van der Waals surface area contributed by atoms with Gasteiger partial charge in [0, 0.05) is 11.0 Å². The lowest BCUT2D eigenvalue weighted by molar-refractivity contribution is -0.190. The third-order valence-corrected chi connectivity index (χ3v) is 5.82. The van der Waals surface area contributed by atoms with Crippen molar-refractivity contribution in [3.8, 4) is 5.75 Å². The lowest BCUT2D eigenvalue weighted by Crippen LogP contribution is -2.53. The van der Waals surface area contributed by atoms with Crippen molar-refractivity contribution in [2.45, 2.75) is 44.3 Å². The van der Waals surface area contributed by atoms with Crippen LogP contribution in [-0.2, 0) is 30.8 Å². The average Bonchev–Trinajstić information content (AvgIpc) is 3.34. The Morgan fingerprint density at radius 1 is 1.29 bits per heavy atom. The van der Waals surface area contributed by atoms with Gasteiger partial charge in [-0.05, 0) is 19.1 Å². The number of rotatable bonds is 7. The van der Waals surface area contributed by atoms with E-state index in [0.717, 1.165) is 16.5 Å². The van der Waals surface area contributed by atoms with Gasteiger partial charge in [-0.25, -0.2) is 19.7 Å². The fourth-order valence-electron chi connectivity index (χ4n) is 3.70. The van der Waals surface area contributed by atoms with Gasteiger partial charge in [0.25, 0.3) is 5.72 Å². The van der Waals surface area contributed by atoms with Crippen molar-refractivity contribution in [2.24, 2.45) is 0 Å². The number of benzene rings is 1. The molecule has 13 nitrogen and oxygen atoms in total. The van der Waals surface area contributed by atoms with Crippen LogP contribution in [0.15, 0.2) is 30.6 Å². The monoisotopic (exact) mass is 492 g/mol. The highest BCUT2D eigenvalue weighted by Crippen LogP contribution is 2.40. The summed E-state index contributed by atoms with van der Waals surface area (Å²) in [5.74, 6) is -0.536. The summed E-state index contributed by atoms with van der Waals surface area (Å²) in [6.45, 7) is 3.07. The number of esters is 1. The summed E-state index contributed by atoms with van der Waals surface area (Å²) in [4.78, 5) is 35.2. The first kappa shape index (κ1) is 24.1. The van der Waals surface area contributed by atoms with Gasteiger partial charge in [-0.2, -0.15) is 0 Å². The number of fused-ring (bicyclic) bond motifs is 1. The molecule has 4 rings (SSSR count). The third kappa shape index (κ3) is 4.13. The highest BCUT2D eigenvalue weighted by Gasteiger charge is 2.63. The topological polar surface area (TPSA) is 192 Å². The molecule has 0 spiro atoms. The van der Waals surface area contributed by atoms with Gasteiger partial charge in [0.1, 0.15) is 48.3 Å². The summed E-state index contributed by atoms with van der Waals surface area (Å²) in [5, 5.41) is 21.7. The molecule has 0 bridgehead atoms. The molecule has 1 fully saturated rings. The number of carbonyl (C=O) groups is 1. The van der Waals surface area contributed by atoms with Crippen LogP contribution in [0, 0.1) is 6.92 Å². The second-order valence-corrected chi connectivity index (χ2v) is 8.42. The van der Waals surface area contributed by atoms with E-state index in [1.54, 1.807) is 31.2 Å². The minimum absolute atomic E-state index is 0.0489. The number of nitrogens with two attached hydrogens (primary N) is 1. The number of anilines is 1. The molecule has 34 heavy (non-hydrogen) atoms. The first-order valence-electron chi connectivity index (χ1n) is 10.3. The summed E-state index contributed by atoms with van der Waals surface area (Å²) >= 11 is 0. The summed E-state index contributed by atoms with van der Waals surface area (Å²) in [6.07, 6.45) is -3.37. The molecule has 180 valence electrons. The van der Waals surface area contributed by atoms with E-state index in [1.807, 2.05) is 6.92 Å². The number of ether oxygens (including phenoxy) is 2. The van der Waals surface area contributed by atoms with Crippen molar-refractivity contribution >= 4 is 31.2 Å². The summed E-state index contributed by atoms with van der Waals surface area (Å²) in [5.41, 5.74) is 4.75. The van der Waals surface area contributed by atoms with Crippen molar-refractivity contribution in [1.29, 1.82) is 0 Å². The standard InChI is InChI=1S/C20H22N5O8P/c1-3-13-23-17(21)14-18(24-13)25(9-22-14)20(19(28)32-11-6-4-10(2)5-7-11)16(27)15(26)12(33-20)8-31-34(29)30/h4-7,9,12,15-16,26-27H,3,8H2,1-2H3,(H2-,21,23,24,29,30)/p+1. The number of aromatic nitrogens is 4. The fourth-order valence-corrected chi connectivity index (χ4v) is 3.97. The zero-order valence-electron chi connectivity index (χ0n) is 18.2. The van der Waals surface area contributed by atoms with E-state index < -0.39 is 44.9 Å². The van der Waals surface area contributed by atoms with Crippen LogP contribution in [0.3, 0.4) is 0 Å². The Hall–Kier alpha value is -3.06. The molecule has 14 heteroatoms. The summed E-state index contributed by atoms with van der Waals surface area (Å²) in [6, 6.07) is 6.55. The van der Waals surface area contributed by atoms with E-state index in [2.05, 4.69) is 19.5 Å². The SMILES string of the molecule is CCc1nc(N)c2ncn(C3(C(=O)Oc4ccc(C)cc4)OC(CO[P+](=O)O)C(O)C3O)c2n1. The zero-order valence-corrected chi connectivity index (χ0v) is 19.1. The van der Waals surface area contributed by atoms with Crippen LogP contribution in [0.25, 0.3) is 11.2 Å². The molecule has 5 N–H and O–H groups in total. The quantitative estimate of drug-likeness (QED) is 0.201. The Bertz CT molecular complexity index is 1240. The Balaban J connectivity index is 1.84. The minimum atomic E-state index is -3.02. The van der Waals surface area contributed by atoms with Crippen LogP contribution in [0.5, 0.6) is 5.75 Å². The molecule has 3 heterocycles. The second kappa shape index (κ2) is 9.29. The van der Waals surface area contributed by atoms with Gasteiger partial charge < -0.3 is 25.4 Å². The number of nitrogen functional groups attached to an aromatic ring is 1. The van der Waals surface area contributed by atoms with Crippen molar-refractivity contribution < 1.29 is 38.5 Å². The first-order chi connectivity index (χ1) is 16.2. The van der Waals surface area contributed by atoms with Gasteiger partial charge in [0.15, 0.2) is 11.5 Å². The van der Waals surface area contributed by atoms with E-state index in [9.17, 15) is 19.6 Å². The maximum Gasteiger partial charge on any atom is 0.694 e. The molecule has 5 atom stereocenters. The van der Waals surface area contributed by atoms with Gasteiger partial charge >= 0.3 is 14.2 Å². The van der Waals surface area contributed by atoms with E-state index in [4.69, 9.17) is 20.1 Å². The Morgan fingerprint density at radius 3 is 2.65 bits per heavy atom. The van der Waals surface area contributed by atoms with Crippen LogP contribution < -0.4 is 10.5 Å². The molecule has 5 unspecified atom stereocenters. The van der Waals surface area contributed by atoms with E-state index >= 15 is 0 Å². The van der Waals surface area contributed by atoms with Crippen LogP contribution in [-0.4, -0.2) is 65.5 Å². The van der Waals surface area contributed by atoms with E-state index in [-0.39, 0.29) is 22.7 Å². The molecule has 0 aliphatic carbocycles. The Kier molecular flexibility index (Phi) is 6.58. The Labute approximate surface area is 194 Å². The number of aliphatic hydroxyl groups is 2. The zero-order chi connectivity index (χ0) is 24.6. The number of hydrogen-bond donors (Lipinski definition) is 4. The number of imidazole rings is 1. The van der Waals surface area contributed by atoms with E-state index in [1.165, 1.54) is 0 Å². The Morgan fingerprint density at radius 2 is 2.00 bits per heavy atom. The molecule has 3 aromatic rings. The lowest BCUT2D eigenvalue weighted by atomic mass is 10.0. The molecule has 0 radical (unpaired) electrons. The maximum atomic E-state index is 13.6. The first-order valence-corrected chi connectivity index (χ1v) is 11.4.